The van der Waals surface area contributed by atoms with Gasteiger partial charge >= 0.3 is 6.03 Å². The fraction of sp³-hybridized carbons (Fsp3) is 0.318. The topological polar surface area (TPSA) is 88.0 Å². The second kappa shape index (κ2) is 9.34. The number of halogens is 2. The van der Waals surface area contributed by atoms with Crippen molar-refractivity contribution in [2.75, 3.05) is 11.9 Å². The molecule has 1 fully saturated rings. The Morgan fingerprint density at radius 2 is 1.97 bits per heavy atom. The number of benzene rings is 2. The Morgan fingerprint density at radius 1 is 1.16 bits per heavy atom. The van der Waals surface area contributed by atoms with E-state index in [1.807, 2.05) is 4.57 Å². The lowest BCUT2D eigenvalue weighted by Gasteiger charge is -2.13. The lowest BCUT2D eigenvalue weighted by Crippen LogP contribution is -2.41. The number of amides is 3. The number of fused-ring (bicyclic) bond motifs is 1. The molecular formula is C22H23ClFN5O2. The highest BCUT2D eigenvalue weighted by Gasteiger charge is 2.17. The van der Waals surface area contributed by atoms with Gasteiger partial charge < -0.3 is 20.5 Å². The maximum Gasteiger partial charge on any atom is 0.315 e. The number of nitrogens with one attached hydrogen (secondary N) is 3. The maximum absolute atomic E-state index is 13.9. The summed E-state index contributed by atoms with van der Waals surface area (Å²) in [6.45, 7) is 1.01. The molecule has 3 aromatic rings. The number of aromatic nitrogens is 2. The van der Waals surface area contributed by atoms with Crippen molar-refractivity contribution in [3.8, 4) is 0 Å². The Morgan fingerprint density at radius 3 is 2.74 bits per heavy atom. The van der Waals surface area contributed by atoms with Crippen LogP contribution in [0.15, 0.2) is 42.7 Å². The van der Waals surface area contributed by atoms with Gasteiger partial charge in [-0.25, -0.2) is 14.2 Å². The minimum atomic E-state index is -0.601. The fourth-order valence-electron chi connectivity index (χ4n) is 3.77. The smallest absolute Gasteiger partial charge is 0.315 e. The molecule has 31 heavy (non-hydrogen) atoms. The average molecular weight is 444 g/mol. The van der Waals surface area contributed by atoms with Gasteiger partial charge in [0.2, 0.25) is 0 Å². The number of carbonyl (C=O) groups excluding carboxylic acids is 2. The van der Waals surface area contributed by atoms with Gasteiger partial charge in [-0.05, 0) is 49.2 Å². The molecule has 1 aromatic heterocycles. The highest BCUT2D eigenvalue weighted by molar-refractivity contribution is 6.30. The first-order chi connectivity index (χ1) is 15.0. The van der Waals surface area contributed by atoms with E-state index < -0.39 is 11.7 Å². The Kier molecular flexibility index (Phi) is 6.36. The quantitative estimate of drug-likeness (QED) is 0.530. The second-order valence-electron chi connectivity index (χ2n) is 7.60. The molecule has 0 aliphatic heterocycles. The van der Waals surface area contributed by atoms with Crippen LogP contribution in [0.5, 0.6) is 0 Å². The third-order valence-corrected chi connectivity index (χ3v) is 5.63. The number of hydrogen-bond acceptors (Lipinski definition) is 3. The number of hydrogen-bond donors (Lipinski definition) is 3. The number of imidazole rings is 1. The summed E-state index contributed by atoms with van der Waals surface area (Å²) in [7, 11) is 0. The molecule has 3 amide bonds. The van der Waals surface area contributed by atoms with Crippen molar-refractivity contribution < 1.29 is 14.0 Å². The molecule has 1 saturated carbocycles. The van der Waals surface area contributed by atoms with Gasteiger partial charge in [0, 0.05) is 29.7 Å². The highest BCUT2D eigenvalue weighted by atomic mass is 35.5. The Balaban J connectivity index is 1.36. The van der Waals surface area contributed by atoms with Gasteiger partial charge in [0.25, 0.3) is 5.91 Å². The van der Waals surface area contributed by atoms with Crippen LogP contribution in [-0.4, -0.2) is 34.1 Å². The molecule has 9 heteroatoms. The van der Waals surface area contributed by atoms with E-state index in [1.165, 1.54) is 25.0 Å². The molecule has 2 aromatic carbocycles. The Bertz CT molecular complexity index is 1110. The van der Waals surface area contributed by atoms with Crippen LogP contribution in [-0.2, 0) is 6.54 Å². The minimum absolute atomic E-state index is 0.0574. The number of anilines is 1. The van der Waals surface area contributed by atoms with Gasteiger partial charge in [0.1, 0.15) is 5.82 Å². The molecule has 1 aliphatic carbocycles. The SMILES string of the molecule is O=C(NCCn1cnc2cc(C(=O)Nc3ccc(Cl)cc3F)ccc21)NC1CCCC1. The monoisotopic (exact) mass is 443 g/mol. The minimum Gasteiger partial charge on any atom is -0.336 e. The molecule has 162 valence electrons. The first-order valence-corrected chi connectivity index (χ1v) is 10.6. The standard InChI is InChI=1S/C22H23ClFN5O2/c23-15-6-7-18(17(24)12-15)28-21(30)14-5-8-20-19(11-14)26-13-29(20)10-9-25-22(31)27-16-3-1-2-4-16/h5-8,11-13,16H,1-4,9-10H2,(H,28,30)(H2,25,27,31). The van der Waals surface area contributed by atoms with Crippen LogP contribution < -0.4 is 16.0 Å². The summed E-state index contributed by atoms with van der Waals surface area (Å²) in [5.41, 5.74) is 1.90. The lowest BCUT2D eigenvalue weighted by molar-refractivity contribution is 0.102. The van der Waals surface area contributed by atoms with Crippen LogP contribution in [0.2, 0.25) is 5.02 Å². The van der Waals surface area contributed by atoms with Crippen LogP contribution in [0.1, 0.15) is 36.0 Å². The van der Waals surface area contributed by atoms with E-state index in [1.54, 1.807) is 24.5 Å². The zero-order chi connectivity index (χ0) is 21.8. The van der Waals surface area contributed by atoms with Crippen LogP contribution in [0.25, 0.3) is 11.0 Å². The maximum atomic E-state index is 13.9. The van der Waals surface area contributed by atoms with E-state index in [0.29, 0.717) is 24.2 Å². The third kappa shape index (κ3) is 5.14. The number of nitrogens with zero attached hydrogens (tertiary/aromatic N) is 2. The van der Waals surface area contributed by atoms with Gasteiger partial charge in [0.15, 0.2) is 0 Å². The second-order valence-corrected chi connectivity index (χ2v) is 8.04. The van der Waals surface area contributed by atoms with Gasteiger partial charge in [-0.1, -0.05) is 24.4 Å². The van der Waals surface area contributed by atoms with Crippen molar-refractivity contribution in [3.05, 3.63) is 59.1 Å². The van der Waals surface area contributed by atoms with Gasteiger partial charge in [0.05, 0.1) is 23.0 Å². The molecule has 0 spiro atoms. The van der Waals surface area contributed by atoms with E-state index in [9.17, 15) is 14.0 Å². The van der Waals surface area contributed by atoms with Crippen LogP contribution in [0, 0.1) is 5.82 Å². The highest BCUT2D eigenvalue weighted by Crippen LogP contribution is 2.21. The molecule has 0 bridgehead atoms. The normalized spacial score (nSPS) is 14.0. The molecule has 0 saturated heterocycles. The summed E-state index contributed by atoms with van der Waals surface area (Å²) >= 11 is 5.74. The van der Waals surface area contributed by atoms with Crippen molar-refractivity contribution in [2.24, 2.45) is 0 Å². The zero-order valence-corrected chi connectivity index (χ0v) is 17.6. The fourth-order valence-corrected chi connectivity index (χ4v) is 3.92. The molecule has 0 atom stereocenters. The Hall–Kier alpha value is -3.13. The number of urea groups is 1. The molecule has 1 heterocycles. The summed E-state index contributed by atoms with van der Waals surface area (Å²) in [5, 5.41) is 8.66. The molecule has 4 rings (SSSR count). The van der Waals surface area contributed by atoms with E-state index in [0.717, 1.165) is 24.4 Å². The summed E-state index contributed by atoms with van der Waals surface area (Å²) in [5.74, 6) is -1.04. The lowest BCUT2D eigenvalue weighted by atomic mass is 10.1. The predicted octanol–water partition coefficient (Wildman–Crippen LogP) is 4.32. The van der Waals surface area contributed by atoms with E-state index in [2.05, 4.69) is 20.9 Å². The molecular weight excluding hydrogens is 421 g/mol. The predicted molar refractivity (Wildman–Crippen MR) is 118 cm³/mol. The van der Waals surface area contributed by atoms with E-state index in [-0.39, 0.29) is 22.8 Å². The van der Waals surface area contributed by atoms with Gasteiger partial charge in [-0.3, -0.25) is 4.79 Å². The van der Waals surface area contributed by atoms with Gasteiger partial charge in [-0.15, -0.1) is 0 Å². The van der Waals surface area contributed by atoms with Crippen molar-refractivity contribution in [1.82, 2.24) is 20.2 Å². The first kappa shape index (κ1) is 21.1. The van der Waals surface area contributed by atoms with Crippen LogP contribution in [0.4, 0.5) is 14.9 Å². The van der Waals surface area contributed by atoms with Crippen molar-refractivity contribution in [3.63, 3.8) is 0 Å². The number of rotatable bonds is 6. The Labute approximate surface area is 184 Å². The van der Waals surface area contributed by atoms with Crippen molar-refractivity contribution in [2.45, 2.75) is 38.3 Å². The van der Waals surface area contributed by atoms with Gasteiger partial charge in [-0.2, -0.15) is 0 Å². The summed E-state index contributed by atoms with van der Waals surface area (Å²) < 4.78 is 15.8. The van der Waals surface area contributed by atoms with E-state index in [4.69, 9.17) is 11.6 Å². The summed E-state index contributed by atoms with van der Waals surface area (Å²) in [6.07, 6.45) is 6.09. The average Bonchev–Trinajstić information content (AvgIpc) is 3.39. The van der Waals surface area contributed by atoms with Crippen LogP contribution >= 0.6 is 11.6 Å². The van der Waals surface area contributed by atoms with Crippen molar-refractivity contribution in [1.29, 1.82) is 0 Å². The summed E-state index contributed by atoms with van der Waals surface area (Å²) in [4.78, 5) is 28.8. The molecule has 0 unspecified atom stereocenters. The molecule has 3 N–H and O–H groups in total. The molecule has 7 nitrogen and oxygen atoms in total. The van der Waals surface area contributed by atoms with Crippen molar-refractivity contribution >= 4 is 40.3 Å². The molecule has 0 radical (unpaired) electrons. The van der Waals surface area contributed by atoms with E-state index >= 15 is 0 Å². The summed E-state index contributed by atoms with van der Waals surface area (Å²) in [6, 6.07) is 9.29. The van der Waals surface area contributed by atoms with Crippen LogP contribution in [0.3, 0.4) is 0 Å². The zero-order valence-electron chi connectivity index (χ0n) is 16.8. The molecule has 1 aliphatic rings. The third-order valence-electron chi connectivity index (χ3n) is 5.39. The first-order valence-electron chi connectivity index (χ1n) is 10.3. The number of carbonyl (C=O) groups is 2. The largest absolute Gasteiger partial charge is 0.336 e.